The van der Waals surface area contributed by atoms with E-state index in [-0.39, 0.29) is 35.9 Å². The average molecular weight is 395 g/mol. The minimum Gasteiger partial charge on any atom is -0.463 e. The van der Waals surface area contributed by atoms with Crippen molar-refractivity contribution in [2.45, 2.75) is 0 Å². The number of carbonyl (C=O) groups is 1. The highest BCUT2D eigenvalue weighted by Gasteiger charge is 2.15. The highest BCUT2D eigenvalue weighted by Crippen LogP contribution is 2.39. The highest BCUT2D eigenvalue weighted by atomic mass is 35.5. The molecule has 148 valence electrons. The number of carbonyl (C=O) groups excluding carboxylic acids is 1. The number of ether oxygens (including phenoxy) is 7. The van der Waals surface area contributed by atoms with Gasteiger partial charge in [-0.05, 0) is 0 Å². The highest BCUT2D eigenvalue weighted by molar-refractivity contribution is 6.32. The van der Waals surface area contributed by atoms with Crippen molar-refractivity contribution < 1.29 is 43.1 Å². The molecule has 9 nitrogen and oxygen atoms in total. The molecule has 0 bridgehead atoms. The van der Waals surface area contributed by atoms with Gasteiger partial charge < -0.3 is 38.3 Å². The quantitative estimate of drug-likeness (QED) is 0.216. The monoisotopic (exact) mass is 394 g/mol. The second-order valence-electron chi connectivity index (χ2n) is 4.69. The summed E-state index contributed by atoms with van der Waals surface area (Å²) in [6.45, 7) is 0.562. The first-order valence-electron chi connectivity index (χ1n) is 7.66. The molecule has 0 unspecified atom stereocenters. The van der Waals surface area contributed by atoms with Gasteiger partial charge in [-0.25, -0.2) is 4.79 Å². The van der Waals surface area contributed by atoms with Crippen molar-refractivity contribution in [1.29, 1.82) is 0 Å². The standard InChI is InChI=1S/C16H23ClO9/c1-20-3-5-22-10-24-14-8-12(26-15(19)9-18)7-13(17)16(14)25-11-23-6-4-21-2/h7-8,18H,3-6,9-11H2,1-2H3. The Hall–Kier alpha value is -1.62. The Balaban J connectivity index is 2.77. The van der Waals surface area contributed by atoms with Gasteiger partial charge in [0.15, 0.2) is 25.1 Å². The van der Waals surface area contributed by atoms with E-state index in [2.05, 4.69) is 0 Å². The van der Waals surface area contributed by atoms with Gasteiger partial charge >= 0.3 is 5.97 Å². The van der Waals surface area contributed by atoms with Gasteiger partial charge in [0.25, 0.3) is 0 Å². The number of aliphatic hydroxyl groups excluding tert-OH is 1. The third kappa shape index (κ3) is 8.65. The Morgan fingerprint density at radius 1 is 1.00 bits per heavy atom. The van der Waals surface area contributed by atoms with Crippen LogP contribution in [-0.2, 0) is 23.7 Å². The number of rotatable bonds is 14. The fourth-order valence-corrected chi connectivity index (χ4v) is 1.88. The van der Waals surface area contributed by atoms with Crippen molar-refractivity contribution >= 4 is 17.6 Å². The van der Waals surface area contributed by atoms with Gasteiger partial charge in [0.05, 0.1) is 31.5 Å². The van der Waals surface area contributed by atoms with Crippen molar-refractivity contribution in [3.8, 4) is 17.2 Å². The number of methoxy groups -OCH3 is 2. The second-order valence-corrected chi connectivity index (χ2v) is 5.10. The summed E-state index contributed by atoms with van der Waals surface area (Å²) in [5, 5.41) is 8.91. The Labute approximate surface area is 156 Å². The van der Waals surface area contributed by atoms with Crippen LogP contribution in [0.3, 0.4) is 0 Å². The van der Waals surface area contributed by atoms with Gasteiger partial charge in [-0.15, -0.1) is 0 Å². The summed E-state index contributed by atoms with van der Waals surface area (Å²) in [5.74, 6) is -0.359. The van der Waals surface area contributed by atoms with Crippen molar-refractivity contribution in [2.24, 2.45) is 0 Å². The first-order chi connectivity index (χ1) is 12.6. The molecule has 26 heavy (non-hydrogen) atoms. The summed E-state index contributed by atoms with van der Waals surface area (Å²) < 4.78 is 36.1. The first-order valence-corrected chi connectivity index (χ1v) is 8.04. The lowest BCUT2D eigenvalue weighted by molar-refractivity contribution is -0.137. The smallest absolute Gasteiger partial charge is 0.337 e. The van der Waals surface area contributed by atoms with Crippen LogP contribution in [0, 0.1) is 0 Å². The zero-order valence-electron chi connectivity index (χ0n) is 14.7. The van der Waals surface area contributed by atoms with E-state index >= 15 is 0 Å². The third-order valence-electron chi connectivity index (χ3n) is 2.79. The molecule has 1 aromatic rings. The summed E-state index contributed by atoms with van der Waals surface area (Å²) in [4.78, 5) is 11.2. The molecular formula is C16H23ClO9. The Morgan fingerprint density at radius 3 is 2.19 bits per heavy atom. The lowest BCUT2D eigenvalue weighted by Crippen LogP contribution is -2.13. The zero-order chi connectivity index (χ0) is 19.2. The minimum absolute atomic E-state index is 0.0836. The summed E-state index contributed by atoms with van der Waals surface area (Å²) in [5.41, 5.74) is 0. The molecule has 0 atom stereocenters. The van der Waals surface area contributed by atoms with Gasteiger partial charge in [-0.2, -0.15) is 0 Å². The maximum Gasteiger partial charge on any atom is 0.337 e. The van der Waals surface area contributed by atoms with Crippen LogP contribution in [-0.4, -0.2) is 71.9 Å². The van der Waals surface area contributed by atoms with Crippen LogP contribution in [0.1, 0.15) is 0 Å². The van der Waals surface area contributed by atoms with Crippen molar-refractivity contribution in [1.82, 2.24) is 0 Å². The van der Waals surface area contributed by atoms with E-state index in [1.807, 2.05) is 0 Å². The molecule has 1 N–H and O–H groups in total. The molecule has 0 saturated heterocycles. The molecule has 0 heterocycles. The Kier molecular flexibility index (Phi) is 11.7. The Bertz CT molecular complexity index is 539. The SMILES string of the molecule is COCCOCOc1cc(OC(=O)CO)cc(Cl)c1OCOCCOC. The molecule has 0 aliphatic carbocycles. The van der Waals surface area contributed by atoms with Crippen LogP contribution in [0.2, 0.25) is 5.02 Å². The van der Waals surface area contributed by atoms with Gasteiger partial charge in [0.1, 0.15) is 12.4 Å². The Morgan fingerprint density at radius 2 is 1.62 bits per heavy atom. The fraction of sp³-hybridized carbons (Fsp3) is 0.562. The fourth-order valence-electron chi connectivity index (χ4n) is 1.62. The van der Waals surface area contributed by atoms with Crippen LogP contribution >= 0.6 is 11.6 Å². The number of halogens is 1. The molecule has 1 rings (SSSR count). The molecule has 0 aliphatic rings. The van der Waals surface area contributed by atoms with Gasteiger partial charge in [0.2, 0.25) is 0 Å². The van der Waals surface area contributed by atoms with Crippen LogP contribution in [0.4, 0.5) is 0 Å². The van der Waals surface area contributed by atoms with E-state index < -0.39 is 12.6 Å². The van der Waals surface area contributed by atoms with E-state index in [0.29, 0.717) is 26.4 Å². The second kappa shape index (κ2) is 13.6. The zero-order valence-corrected chi connectivity index (χ0v) is 15.5. The van der Waals surface area contributed by atoms with E-state index in [0.717, 1.165) is 0 Å². The van der Waals surface area contributed by atoms with E-state index in [1.165, 1.54) is 12.1 Å². The van der Waals surface area contributed by atoms with Crippen LogP contribution in [0.15, 0.2) is 12.1 Å². The van der Waals surface area contributed by atoms with E-state index in [4.69, 9.17) is 49.9 Å². The number of benzene rings is 1. The van der Waals surface area contributed by atoms with Crippen LogP contribution < -0.4 is 14.2 Å². The topological polar surface area (TPSA) is 102 Å². The summed E-state index contributed by atoms with van der Waals surface area (Å²) >= 11 is 6.16. The minimum atomic E-state index is -0.833. The molecule has 0 fully saturated rings. The normalized spacial score (nSPS) is 10.6. The molecule has 0 aromatic heterocycles. The maximum atomic E-state index is 11.2. The summed E-state index contributed by atoms with van der Waals surface area (Å²) in [6.07, 6.45) is 0. The maximum absolute atomic E-state index is 11.2. The van der Waals surface area contributed by atoms with Gasteiger partial charge in [-0.3, -0.25) is 0 Å². The lowest BCUT2D eigenvalue weighted by Gasteiger charge is -2.16. The number of hydrogen-bond donors (Lipinski definition) is 1. The number of aliphatic hydroxyl groups is 1. The summed E-state index contributed by atoms with van der Waals surface area (Å²) in [6, 6.07) is 2.75. The molecule has 0 spiro atoms. The average Bonchev–Trinajstić information content (AvgIpc) is 2.63. The van der Waals surface area contributed by atoms with Gasteiger partial charge in [-0.1, -0.05) is 11.6 Å². The largest absolute Gasteiger partial charge is 0.463 e. The lowest BCUT2D eigenvalue weighted by atomic mass is 10.3. The molecule has 0 aliphatic heterocycles. The van der Waals surface area contributed by atoms with Crippen LogP contribution in [0.5, 0.6) is 17.2 Å². The van der Waals surface area contributed by atoms with Crippen molar-refractivity contribution in [2.75, 3.05) is 60.8 Å². The molecule has 1 aromatic carbocycles. The van der Waals surface area contributed by atoms with Gasteiger partial charge in [0, 0.05) is 26.4 Å². The predicted molar refractivity (Wildman–Crippen MR) is 90.8 cm³/mol. The van der Waals surface area contributed by atoms with Crippen LogP contribution in [0.25, 0.3) is 0 Å². The predicted octanol–water partition coefficient (Wildman–Crippen LogP) is 1.24. The molecule has 0 saturated carbocycles. The van der Waals surface area contributed by atoms with Crippen molar-refractivity contribution in [3.05, 3.63) is 17.2 Å². The molecule has 0 amide bonds. The third-order valence-corrected chi connectivity index (χ3v) is 3.07. The summed E-state index contributed by atoms with van der Waals surface area (Å²) in [7, 11) is 3.11. The van der Waals surface area contributed by atoms with E-state index in [1.54, 1.807) is 14.2 Å². The van der Waals surface area contributed by atoms with Crippen molar-refractivity contribution in [3.63, 3.8) is 0 Å². The number of hydrogen-bond acceptors (Lipinski definition) is 9. The molecule has 10 heteroatoms. The number of esters is 1. The molecule has 0 radical (unpaired) electrons. The van der Waals surface area contributed by atoms with E-state index in [9.17, 15) is 4.79 Å². The first kappa shape index (κ1) is 22.4. The molecular weight excluding hydrogens is 372 g/mol.